The van der Waals surface area contributed by atoms with Crippen LogP contribution in [-0.2, 0) is 0 Å². The Balaban J connectivity index is 1.87. The molecule has 18 heavy (non-hydrogen) atoms. The lowest BCUT2D eigenvalue weighted by Gasteiger charge is -2.24. The molecule has 0 bridgehead atoms. The van der Waals surface area contributed by atoms with Crippen LogP contribution >= 0.6 is 0 Å². The third-order valence-corrected chi connectivity index (χ3v) is 3.16. The van der Waals surface area contributed by atoms with Crippen LogP contribution in [0.15, 0.2) is 24.3 Å². The Hall–Kier alpha value is -1.22. The molecular weight excluding hydrogens is 226 g/mol. The molecule has 1 atom stereocenters. The molecule has 1 fully saturated rings. The van der Waals surface area contributed by atoms with Gasteiger partial charge >= 0.3 is 0 Å². The highest BCUT2D eigenvalue weighted by molar-refractivity contribution is 5.39. The number of para-hydroxylation sites is 2. The number of benzene rings is 1. The summed E-state index contributed by atoms with van der Waals surface area (Å²) in [5.74, 6) is 1.72. The summed E-state index contributed by atoms with van der Waals surface area (Å²) < 4.78 is 11.6. The van der Waals surface area contributed by atoms with Crippen LogP contribution in [0.5, 0.6) is 11.5 Å². The van der Waals surface area contributed by atoms with E-state index in [-0.39, 0.29) is 0 Å². The summed E-state index contributed by atoms with van der Waals surface area (Å²) in [6, 6.07) is 8.41. The third-order valence-electron chi connectivity index (χ3n) is 3.16. The van der Waals surface area contributed by atoms with E-state index in [0.717, 1.165) is 37.7 Å². The van der Waals surface area contributed by atoms with E-state index < -0.39 is 0 Å². The van der Waals surface area contributed by atoms with E-state index in [4.69, 9.17) is 9.47 Å². The third kappa shape index (κ3) is 3.91. The molecule has 1 aliphatic heterocycles. The number of nitrogens with one attached hydrogen (secondary N) is 1. The first-order valence-corrected chi connectivity index (χ1v) is 6.98. The number of rotatable bonds is 6. The van der Waals surface area contributed by atoms with Crippen molar-refractivity contribution in [1.82, 2.24) is 5.32 Å². The molecule has 1 heterocycles. The van der Waals surface area contributed by atoms with Crippen molar-refractivity contribution in [3.63, 3.8) is 0 Å². The number of ether oxygens (including phenoxy) is 2. The Kier molecular flexibility index (Phi) is 5.34. The van der Waals surface area contributed by atoms with Gasteiger partial charge in [-0.15, -0.1) is 0 Å². The zero-order valence-electron chi connectivity index (χ0n) is 11.2. The minimum atomic E-state index is 0.484. The molecule has 1 aromatic carbocycles. The summed E-state index contributed by atoms with van der Waals surface area (Å²) in [4.78, 5) is 0. The Bertz CT molecular complexity index is 348. The summed E-state index contributed by atoms with van der Waals surface area (Å²) in [5.41, 5.74) is 0. The topological polar surface area (TPSA) is 30.5 Å². The lowest BCUT2D eigenvalue weighted by molar-refractivity contribution is 0.223. The second-order valence-corrected chi connectivity index (χ2v) is 4.75. The second kappa shape index (κ2) is 7.27. The summed E-state index contributed by atoms with van der Waals surface area (Å²) >= 11 is 0. The number of hydrogen-bond donors (Lipinski definition) is 1. The Morgan fingerprint density at radius 2 is 1.94 bits per heavy atom. The highest BCUT2D eigenvalue weighted by Crippen LogP contribution is 2.27. The fraction of sp³-hybridized carbons (Fsp3) is 0.600. The van der Waals surface area contributed by atoms with Gasteiger partial charge in [0, 0.05) is 6.04 Å². The summed E-state index contributed by atoms with van der Waals surface area (Å²) in [5, 5.41) is 3.49. The van der Waals surface area contributed by atoms with E-state index in [2.05, 4.69) is 12.2 Å². The highest BCUT2D eigenvalue weighted by Gasteiger charge is 2.14. The number of hydrogen-bond acceptors (Lipinski definition) is 3. The molecular formula is C15H23NO2. The van der Waals surface area contributed by atoms with Gasteiger partial charge in [0.05, 0.1) is 6.61 Å². The van der Waals surface area contributed by atoms with Crippen LogP contribution in [0.25, 0.3) is 0 Å². The number of piperidine rings is 1. The molecule has 3 nitrogen and oxygen atoms in total. The lowest BCUT2D eigenvalue weighted by Crippen LogP contribution is -2.38. The van der Waals surface area contributed by atoms with Crippen molar-refractivity contribution in [1.29, 1.82) is 0 Å². The normalized spacial score (nSPS) is 19.5. The average molecular weight is 249 g/mol. The smallest absolute Gasteiger partial charge is 0.161 e. The molecule has 1 aromatic rings. The Labute approximate surface area is 109 Å². The van der Waals surface area contributed by atoms with Crippen molar-refractivity contribution in [3.05, 3.63) is 24.3 Å². The van der Waals surface area contributed by atoms with Crippen LogP contribution in [-0.4, -0.2) is 25.8 Å². The van der Waals surface area contributed by atoms with Crippen LogP contribution in [0.2, 0.25) is 0 Å². The van der Waals surface area contributed by atoms with E-state index in [0.29, 0.717) is 6.04 Å². The predicted molar refractivity (Wildman–Crippen MR) is 73.4 cm³/mol. The fourth-order valence-electron chi connectivity index (χ4n) is 2.16. The molecule has 100 valence electrons. The van der Waals surface area contributed by atoms with Crippen molar-refractivity contribution in [2.45, 2.75) is 38.6 Å². The first-order valence-electron chi connectivity index (χ1n) is 6.98. The van der Waals surface area contributed by atoms with Gasteiger partial charge in [0.15, 0.2) is 11.5 Å². The molecule has 2 rings (SSSR count). The first-order chi connectivity index (χ1) is 8.90. The predicted octanol–water partition coefficient (Wildman–Crippen LogP) is 3.00. The van der Waals surface area contributed by atoms with E-state index in [1.54, 1.807) is 0 Å². The van der Waals surface area contributed by atoms with Gasteiger partial charge in [-0.1, -0.05) is 25.5 Å². The maximum atomic E-state index is 5.89. The lowest BCUT2D eigenvalue weighted by atomic mass is 10.1. The van der Waals surface area contributed by atoms with Gasteiger partial charge in [-0.3, -0.25) is 0 Å². The quantitative estimate of drug-likeness (QED) is 0.840. The van der Waals surface area contributed by atoms with Gasteiger partial charge in [0.2, 0.25) is 0 Å². The summed E-state index contributed by atoms with van der Waals surface area (Å²) in [6.45, 7) is 4.69. The van der Waals surface area contributed by atoms with E-state index >= 15 is 0 Å². The van der Waals surface area contributed by atoms with E-state index in [9.17, 15) is 0 Å². The molecule has 3 heteroatoms. The van der Waals surface area contributed by atoms with Gasteiger partial charge in [-0.25, -0.2) is 0 Å². The van der Waals surface area contributed by atoms with Crippen LogP contribution in [0, 0.1) is 0 Å². The molecule has 1 aliphatic rings. The molecule has 0 saturated carbocycles. The largest absolute Gasteiger partial charge is 0.490 e. The second-order valence-electron chi connectivity index (χ2n) is 4.75. The Morgan fingerprint density at radius 3 is 2.61 bits per heavy atom. The molecule has 1 saturated heterocycles. The summed E-state index contributed by atoms with van der Waals surface area (Å²) in [6.07, 6.45) is 4.80. The monoisotopic (exact) mass is 249 g/mol. The van der Waals surface area contributed by atoms with Gasteiger partial charge in [-0.2, -0.15) is 0 Å². The van der Waals surface area contributed by atoms with E-state index in [1.807, 2.05) is 24.3 Å². The van der Waals surface area contributed by atoms with Crippen LogP contribution in [0.3, 0.4) is 0 Å². The van der Waals surface area contributed by atoms with Crippen molar-refractivity contribution in [2.75, 3.05) is 19.8 Å². The highest BCUT2D eigenvalue weighted by atomic mass is 16.5. The van der Waals surface area contributed by atoms with Gasteiger partial charge < -0.3 is 14.8 Å². The van der Waals surface area contributed by atoms with Crippen LogP contribution in [0.1, 0.15) is 32.6 Å². The molecule has 1 unspecified atom stereocenters. The molecule has 0 radical (unpaired) electrons. The van der Waals surface area contributed by atoms with Gasteiger partial charge in [0.1, 0.15) is 6.61 Å². The van der Waals surface area contributed by atoms with Crippen molar-refractivity contribution < 1.29 is 9.47 Å². The van der Waals surface area contributed by atoms with Crippen molar-refractivity contribution in [3.8, 4) is 11.5 Å². The van der Waals surface area contributed by atoms with Gasteiger partial charge in [0.25, 0.3) is 0 Å². The van der Waals surface area contributed by atoms with Crippen LogP contribution in [0.4, 0.5) is 0 Å². The average Bonchev–Trinajstić information content (AvgIpc) is 2.45. The van der Waals surface area contributed by atoms with Crippen LogP contribution < -0.4 is 14.8 Å². The Morgan fingerprint density at radius 1 is 1.17 bits per heavy atom. The van der Waals surface area contributed by atoms with E-state index in [1.165, 1.54) is 19.3 Å². The fourth-order valence-corrected chi connectivity index (χ4v) is 2.16. The van der Waals surface area contributed by atoms with Crippen molar-refractivity contribution >= 4 is 0 Å². The van der Waals surface area contributed by atoms with Crippen molar-refractivity contribution in [2.24, 2.45) is 0 Å². The summed E-state index contributed by atoms with van der Waals surface area (Å²) in [7, 11) is 0. The molecule has 0 aliphatic carbocycles. The maximum absolute atomic E-state index is 5.89. The maximum Gasteiger partial charge on any atom is 0.161 e. The SMILES string of the molecule is CCCOc1ccccc1OCC1CCCCN1. The molecule has 0 spiro atoms. The minimum absolute atomic E-state index is 0.484. The minimum Gasteiger partial charge on any atom is -0.490 e. The molecule has 0 amide bonds. The molecule has 1 N–H and O–H groups in total. The van der Waals surface area contributed by atoms with Gasteiger partial charge in [-0.05, 0) is 37.9 Å². The standard InChI is InChI=1S/C15H23NO2/c1-2-11-17-14-8-3-4-9-15(14)18-12-13-7-5-6-10-16-13/h3-4,8-9,13,16H,2,5-7,10-12H2,1H3. The first kappa shape index (κ1) is 13.2. The zero-order chi connectivity index (χ0) is 12.6. The molecule has 0 aromatic heterocycles. The zero-order valence-corrected chi connectivity index (χ0v) is 11.2.